The van der Waals surface area contributed by atoms with Gasteiger partial charge in [-0.05, 0) is 50.5 Å². The van der Waals surface area contributed by atoms with E-state index in [4.69, 9.17) is 11.0 Å². The van der Waals surface area contributed by atoms with Crippen LogP contribution in [0.4, 0.5) is 0 Å². The fourth-order valence-corrected chi connectivity index (χ4v) is 2.74. The molecule has 0 aromatic heterocycles. The molecule has 0 amide bonds. The maximum atomic E-state index is 9.04. The average molecular weight is 201 g/mol. The first kappa shape index (κ1) is 10.8. The molecule has 3 rings (SSSR count). The molecular formula is C10H17ClN2. The number of hydrogen-bond acceptors (Lipinski definition) is 2. The highest BCUT2D eigenvalue weighted by molar-refractivity contribution is 5.85. The van der Waals surface area contributed by atoms with Crippen molar-refractivity contribution in [2.45, 2.75) is 38.5 Å². The predicted molar refractivity (Wildman–Crippen MR) is 54.5 cm³/mol. The van der Waals surface area contributed by atoms with Gasteiger partial charge in [0.25, 0.3) is 0 Å². The van der Waals surface area contributed by atoms with Crippen LogP contribution in [0, 0.1) is 22.2 Å². The van der Waals surface area contributed by atoms with Crippen molar-refractivity contribution in [3.8, 4) is 6.07 Å². The van der Waals surface area contributed by atoms with Gasteiger partial charge in [0.1, 0.15) is 0 Å². The lowest BCUT2D eigenvalue weighted by molar-refractivity contribution is 0.0331. The quantitative estimate of drug-likeness (QED) is 0.706. The van der Waals surface area contributed by atoms with Crippen molar-refractivity contribution in [3.63, 3.8) is 0 Å². The standard InChI is InChI=1S/C10H16N2.ClH/c11-7-9-1-2-10(8-12,5-3-9)6-4-9;/h1-7,11H2;1H. The van der Waals surface area contributed by atoms with Gasteiger partial charge in [-0.2, -0.15) is 5.26 Å². The maximum absolute atomic E-state index is 9.04. The van der Waals surface area contributed by atoms with Crippen molar-refractivity contribution in [3.05, 3.63) is 0 Å². The molecule has 0 aromatic rings. The molecule has 0 heterocycles. The zero-order valence-electron chi connectivity index (χ0n) is 7.88. The minimum Gasteiger partial charge on any atom is -0.330 e. The van der Waals surface area contributed by atoms with Gasteiger partial charge < -0.3 is 5.73 Å². The highest BCUT2D eigenvalue weighted by Gasteiger charge is 2.47. The van der Waals surface area contributed by atoms with Crippen molar-refractivity contribution in [2.24, 2.45) is 16.6 Å². The van der Waals surface area contributed by atoms with Gasteiger partial charge >= 0.3 is 0 Å². The molecule has 2 N–H and O–H groups in total. The monoisotopic (exact) mass is 200 g/mol. The topological polar surface area (TPSA) is 49.8 Å². The van der Waals surface area contributed by atoms with E-state index in [2.05, 4.69) is 6.07 Å². The number of rotatable bonds is 1. The molecule has 3 heteroatoms. The normalized spacial score (nSPS) is 42.2. The minimum absolute atomic E-state index is 0. The number of fused-ring (bicyclic) bond motifs is 3. The molecule has 3 aliphatic carbocycles. The summed E-state index contributed by atoms with van der Waals surface area (Å²) < 4.78 is 0. The molecule has 0 saturated heterocycles. The molecule has 2 nitrogen and oxygen atoms in total. The van der Waals surface area contributed by atoms with E-state index < -0.39 is 0 Å². The smallest absolute Gasteiger partial charge is 0.0689 e. The molecule has 2 bridgehead atoms. The van der Waals surface area contributed by atoms with Gasteiger partial charge in [0.15, 0.2) is 0 Å². The fourth-order valence-electron chi connectivity index (χ4n) is 2.74. The van der Waals surface area contributed by atoms with E-state index in [-0.39, 0.29) is 17.8 Å². The van der Waals surface area contributed by atoms with E-state index in [0.29, 0.717) is 5.41 Å². The van der Waals surface area contributed by atoms with Crippen LogP contribution in [0.5, 0.6) is 0 Å². The molecule has 13 heavy (non-hydrogen) atoms. The minimum atomic E-state index is 0. The maximum Gasteiger partial charge on any atom is 0.0689 e. The van der Waals surface area contributed by atoms with Crippen LogP contribution in [0.2, 0.25) is 0 Å². The largest absolute Gasteiger partial charge is 0.330 e. The van der Waals surface area contributed by atoms with E-state index in [9.17, 15) is 0 Å². The van der Waals surface area contributed by atoms with Crippen molar-refractivity contribution in [1.29, 1.82) is 5.26 Å². The summed E-state index contributed by atoms with van der Waals surface area (Å²) in [6.45, 7) is 0.828. The third-order valence-electron chi connectivity index (χ3n) is 4.07. The van der Waals surface area contributed by atoms with Crippen LogP contribution >= 0.6 is 12.4 Å². The van der Waals surface area contributed by atoms with Crippen LogP contribution in [0.25, 0.3) is 0 Å². The number of hydrogen-bond donors (Lipinski definition) is 1. The predicted octanol–water partition coefficient (Wildman–Crippen LogP) is 2.23. The first-order valence-corrected chi connectivity index (χ1v) is 4.86. The molecule has 0 unspecified atom stereocenters. The van der Waals surface area contributed by atoms with Crippen molar-refractivity contribution >= 4 is 12.4 Å². The summed E-state index contributed by atoms with van der Waals surface area (Å²) in [5, 5.41) is 9.04. The zero-order chi connectivity index (χ0) is 8.66. The molecule has 0 spiro atoms. The summed E-state index contributed by atoms with van der Waals surface area (Å²) >= 11 is 0. The number of nitrogens with zero attached hydrogens (tertiary/aromatic N) is 1. The zero-order valence-corrected chi connectivity index (χ0v) is 8.70. The lowest BCUT2D eigenvalue weighted by atomic mass is 9.54. The van der Waals surface area contributed by atoms with E-state index in [1.807, 2.05) is 0 Å². The van der Waals surface area contributed by atoms with Crippen LogP contribution < -0.4 is 5.73 Å². The van der Waals surface area contributed by atoms with Gasteiger partial charge in [-0.15, -0.1) is 12.4 Å². The van der Waals surface area contributed by atoms with Crippen LogP contribution in [-0.4, -0.2) is 6.54 Å². The molecule has 0 atom stereocenters. The first-order chi connectivity index (χ1) is 5.74. The van der Waals surface area contributed by atoms with Crippen LogP contribution in [0.15, 0.2) is 0 Å². The highest BCUT2D eigenvalue weighted by Crippen LogP contribution is 2.55. The highest BCUT2D eigenvalue weighted by atomic mass is 35.5. The van der Waals surface area contributed by atoms with E-state index in [1.165, 1.54) is 19.3 Å². The summed E-state index contributed by atoms with van der Waals surface area (Å²) in [7, 11) is 0. The second-order valence-corrected chi connectivity index (χ2v) is 4.60. The molecule has 0 aliphatic heterocycles. The summed E-state index contributed by atoms with van der Waals surface area (Å²) in [4.78, 5) is 0. The van der Waals surface area contributed by atoms with Crippen LogP contribution in [0.3, 0.4) is 0 Å². The third-order valence-corrected chi connectivity index (χ3v) is 4.07. The molecule has 3 fully saturated rings. The summed E-state index contributed by atoms with van der Waals surface area (Å²) in [6, 6.07) is 2.51. The third kappa shape index (κ3) is 1.56. The van der Waals surface area contributed by atoms with Gasteiger partial charge in [0, 0.05) is 0 Å². The first-order valence-electron chi connectivity index (χ1n) is 4.86. The molecule has 0 radical (unpaired) electrons. The number of halogens is 1. The second-order valence-electron chi connectivity index (χ2n) is 4.60. The van der Waals surface area contributed by atoms with E-state index >= 15 is 0 Å². The Balaban J connectivity index is 0.000000845. The van der Waals surface area contributed by atoms with Gasteiger partial charge in [-0.25, -0.2) is 0 Å². The Morgan fingerprint density at radius 3 is 1.85 bits per heavy atom. The molecule has 3 saturated carbocycles. The lowest BCUT2D eigenvalue weighted by Crippen LogP contribution is -2.44. The Kier molecular flexibility index (Phi) is 2.89. The fraction of sp³-hybridized carbons (Fsp3) is 0.900. The molecule has 3 aliphatic rings. The van der Waals surface area contributed by atoms with Crippen molar-refractivity contribution in [1.82, 2.24) is 0 Å². The Morgan fingerprint density at radius 1 is 1.08 bits per heavy atom. The average Bonchev–Trinajstić information content (AvgIpc) is 2.21. The van der Waals surface area contributed by atoms with Crippen molar-refractivity contribution < 1.29 is 0 Å². The number of nitrogens with two attached hydrogens (primary N) is 1. The molecular weight excluding hydrogens is 184 g/mol. The summed E-state index contributed by atoms with van der Waals surface area (Å²) in [6.07, 6.45) is 6.87. The van der Waals surface area contributed by atoms with Gasteiger partial charge in [0.2, 0.25) is 0 Å². The van der Waals surface area contributed by atoms with E-state index in [0.717, 1.165) is 25.8 Å². The Morgan fingerprint density at radius 2 is 1.54 bits per heavy atom. The Hall–Kier alpha value is -0.260. The second kappa shape index (κ2) is 3.48. The van der Waals surface area contributed by atoms with Crippen LogP contribution in [0.1, 0.15) is 38.5 Å². The van der Waals surface area contributed by atoms with E-state index in [1.54, 1.807) is 0 Å². The number of nitriles is 1. The van der Waals surface area contributed by atoms with Gasteiger partial charge in [0.05, 0.1) is 11.5 Å². The lowest BCUT2D eigenvalue weighted by Gasteiger charge is -2.50. The van der Waals surface area contributed by atoms with Crippen LogP contribution in [-0.2, 0) is 0 Å². The Bertz CT molecular complexity index is 207. The van der Waals surface area contributed by atoms with Crippen molar-refractivity contribution in [2.75, 3.05) is 6.54 Å². The SMILES string of the molecule is Cl.N#CC12CCC(CN)(CC1)CC2. The summed E-state index contributed by atoms with van der Waals surface area (Å²) in [5.41, 5.74) is 6.26. The Labute approximate surface area is 85.9 Å². The van der Waals surface area contributed by atoms with Gasteiger partial charge in [-0.1, -0.05) is 0 Å². The van der Waals surface area contributed by atoms with Gasteiger partial charge in [-0.3, -0.25) is 0 Å². The summed E-state index contributed by atoms with van der Waals surface area (Å²) in [5.74, 6) is 0. The molecule has 0 aromatic carbocycles. The molecule has 74 valence electrons.